The summed E-state index contributed by atoms with van der Waals surface area (Å²) in [6.07, 6.45) is 1.82. The molecule has 1 heterocycles. The van der Waals surface area contributed by atoms with Crippen LogP contribution in [-0.4, -0.2) is 27.7 Å². The van der Waals surface area contributed by atoms with Crippen molar-refractivity contribution < 1.29 is 14.3 Å². The van der Waals surface area contributed by atoms with Crippen LogP contribution in [0.3, 0.4) is 0 Å². The van der Waals surface area contributed by atoms with Crippen LogP contribution in [0.1, 0.15) is 35.5 Å². The lowest BCUT2D eigenvalue weighted by molar-refractivity contribution is -0.148. The monoisotopic (exact) mass is 391 g/mol. The number of aromatic nitrogens is 2. The zero-order valence-corrected chi connectivity index (χ0v) is 16.8. The van der Waals surface area contributed by atoms with Crippen molar-refractivity contribution in [1.82, 2.24) is 15.1 Å². The second-order valence-corrected chi connectivity index (χ2v) is 7.20. The molecule has 3 aromatic rings. The first-order valence-corrected chi connectivity index (χ1v) is 9.59. The predicted octanol–water partition coefficient (Wildman–Crippen LogP) is 3.68. The number of nitrogens with one attached hydrogen (secondary N) is 1. The second-order valence-electron chi connectivity index (χ2n) is 7.20. The molecule has 3 rings (SSSR count). The SMILES string of the molecule is Cc1ccccc1C(=O)N[C@H](C(=O)OCc1ccn(-c2ccccc2)n1)C(C)C. The minimum absolute atomic E-state index is 0.0438. The number of para-hydroxylation sites is 1. The van der Waals surface area contributed by atoms with Gasteiger partial charge in [-0.3, -0.25) is 4.79 Å². The van der Waals surface area contributed by atoms with Crippen LogP contribution in [0.5, 0.6) is 0 Å². The Kier molecular flexibility index (Phi) is 6.44. The van der Waals surface area contributed by atoms with Crippen molar-refractivity contribution >= 4 is 11.9 Å². The molecule has 1 atom stereocenters. The van der Waals surface area contributed by atoms with E-state index in [1.165, 1.54) is 0 Å². The highest BCUT2D eigenvalue weighted by atomic mass is 16.5. The van der Waals surface area contributed by atoms with Crippen LogP contribution >= 0.6 is 0 Å². The van der Waals surface area contributed by atoms with E-state index >= 15 is 0 Å². The molecular weight excluding hydrogens is 366 g/mol. The average molecular weight is 391 g/mol. The molecule has 6 nitrogen and oxygen atoms in total. The van der Waals surface area contributed by atoms with E-state index in [4.69, 9.17) is 4.74 Å². The standard InChI is InChI=1S/C23H25N3O3/c1-16(2)21(24-22(27)20-12-8-7-9-17(20)3)23(28)29-15-18-13-14-26(25-18)19-10-5-4-6-11-19/h4-14,16,21H,15H2,1-3H3,(H,24,27)/t21-/m0/s1. The molecule has 1 N–H and O–H groups in total. The summed E-state index contributed by atoms with van der Waals surface area (Å²) >= 11 is 0. The van der Waals surface area contributed by atoms with Gasteiger partial charge in [0.2, 0.25) is 0 Å². The Bertz CT molecular complexity index is 980. The molecule has 0 bridgehead atoms. The molecule has 0 aliphatic heterocycles. The van der Waals surface area contributed by atoms with Crippen molar-refractivity contribution in [1.29, 1.82) is 0 Å². The number of carbonyl (C=O) groups is 2. The maximum atomic E-state index is 12.6. The minimum Gasteiger partial charge on any atom is -0.458 e. The summed E-state index contributed by atoms with van der Waals surface area (Å²) < 4.78 is 7.16. The summed E-state index contributed by atoms with van der Waals surface area (Å²) in [5, 5.41) is 7.23. The molecule has 0 aliphatic carbocycles. The Labute approximate surface area is 170 Å². The van der Waals surface area contributed by atoms with Gasteiger partial charge in [0.05, 0.1) is 5.69 Å². The van der Waals surface area contributed by atoms with Gasteiger partial charge in [-0.1, -0.05) is 50.2 Å². The first-order chi connectivity index (χ1) is 14.0. The summed E-state index contributed by atoms with van der Waals surface area (Å²) in [4.78, 5) is 25.2. The normalized spacial score (nSPS) is 11.9. The molecule has 0 unspecified atom stereocenters. The van der Waals surface area contributed by atoms with Crippen molar-refractivity contribution in [3.05, 3.63) is 83.7 Å². The predicted molar refractivity (Wildman–Crippen MR) is 111 cm³/mol. The highest BCUT2D eigenvalue weighted by Crippen LogP contribution is 2.12. The lowest BCUT2D eigenvalue weighted by Crippen LogP contribution is -2.45. The first kappa shape index (κ1) is 20.3. The third kappa shape index (κ3) is 5.10. The minimum atomic E-state index is -0.738. The number of rotatable bonds is 7. The maximum Gasteiger partial charge on any atom is 0.329 e. The molecule has 2 aromatic carbocycles. The van der Waals surface area contributed by atoms with E-state index < -0.39 is 12.0 Å². The van der Waals surface area contributed by atoms with Gasteiger partial charge < -0.3 is 10.1 Å². The average Bonchev–Trinajstić information content (AvgIpc) is 3.20. The smallest absolute Gasteiger partial charge is 0.329 e. The van der Waals surface area contributed by atoms with Crippen molar-refractivity contribution in [2.24, 2.45) is 5.92 Å². The van der Waals surface area contributed by atoms with E-state index in [0.29, 0.717) is 11.3 Å². The third-order valence-electron chi connectivity index (χ3n) is 4.62. The maximum absolute atomic E-state index is 12.6. The number of amides is 1. The van der Waals surface area contributed by atoms with Crippen LogP contribution in [0, 0.1) is 12.8 Å². The highest BCUT2D eigenvalue weighted by Gasteiger charge is 2.26. The van der Waals surface area contributed by atoms with Crippen LogP contribution in [0.4, 0.5) is 0 Å². The zero-order chi connectivity index (χ0) is 20.8. The lowest BCUT2D eigenvalue weighted by Gasteiger charge is -2.21. The molecular formula is C23H25N3O3. The zero-order valence-electron chi connectivity index (χ0n) is 16.8. The number of hydrogen-bond donors (Lipinski definition) is 1. The molecule has 0 aliphatic rings. The molecule has 0 saturated heterocycles. The number of esters is 1. The molecule has 0 saturated carbocycles. The fourth-order valence-electron chi connectivity index (χ4n) is 2.94. The number of nitrogens with zero attached hydrogens (tertiary/aromatic N) is 2. The summed E-state index contributed by atoms with van der Waals surface area (Å²) in [5.41, 5.74) is 2.96. The van der Waals surface area contributed by atoms with Crippen molar-refractivity contribution in [2.45, 2.75) is 33.4 Å². The Morgan fingerprint density at radius 2 is 1.72 bits per heavy atom. The molecule has 150 valence electrons. The Morgan fingerprint density at radius 3 is 2.41 bits per heavy atom. The van der Waals surface area contributed by atoms with Gasteiger partial charge in [-0.05, 0) is 42.7 Å². The largest absolute Gasteiger partial charge is 0.458 e. The van der Waals surface area contributed by atoms with Crippen molar-refractivity contribution in [2.75, 3.05) is 0 Å². The Hall–Kier alpha value is -3.41. The van der Waals surface area contributed by atoms with Crippen molar-refractivity contribution in [3.8, 4) is 5.69 Å². The number of ether oxygens (including phenoxy) is 1. The fourth-order valence-corrected chi connectivity index (χ4v) is 2.94. The topological polar surface area (TPSA) is 73.2 Å². The summed E-state index contributed by atoms with van der Waals surface area (Å²) in [6.45, 7) is 5.64. The van der Waals surface area contributed by atoms with E-state index in [9.17, 15) is 9.59 Å². The number of carbonyl (C=O) groups excluding carboxylic acids is 2. The van der Waals surface area contributed by atoms with Crippen LogP contribution in [0.25, 0.3) is 5.69 Å². The highest BCUT2D eigenvalue weighted by molar-refractivity contribution is 5.98. The molecule has 0 radical (unpaired) electrons. The van der Waals surface area contributed by atoms with E-state index in [2.05, 4.69) is 10.4 Å². The molecule has 0 spiro atoms. The van der Waals surface area contributed by atoms with Crippen LogP contribution in [0.2, 0.25) is 0 Å². The van der Waals surface area contributed by atoms with Gasteiger partial charge in [0.25, 0.3) is 5.91 Å². The van der Waals surface area contributed by atoms with Crippen LogP contribution in [0.15, 0.2) is 66.9 Å². The van der Waals surface area contributed by atoms with Gasteiger partial charge in [0, 0.05) is 11.8 Å². The van der Waals surface area contributed by atoms with E-state index in [1.807, 2.05) is 69.4 Å². The number of hydrogen-bond acceptors (Lipinski definition) is 4. The molecule has 1 amide bonds. The summed E-state index contributed by atoms with van der Waals surface area (Å²) in [7, 11) is 0. The molecule has 29 heavy (non-hydrogen) atoms. The van der Waals surface area contributed by atoms with E-state index in [-0.39, 0.29) is 18.4 Å². The Balaban J connectivity index is 1.62. The van der Waals surface area contributed by atoms with E-state index in [0.717, 1.165) is 11.3 Å². The Morgan fingerprint density at radius 1 is 1.03 bits per heavy atom. The van der Waals surface area contributed by atoms with Gasteiger partial charge >= 0.3 is 5.97 Å². The van der Waals surface area contributed by atoms with Gasteiger partial charge in [0.1, 0.15) is 18.3 Å². The van der Waals surface area contributed by atoms with Crippen LogP contribution in [-0.2, 0) is 16.1 Å². The molecule has 6 heteroatoms. The quantitative estimate of drug-likeness (QED) is 0.624. The van der Waals surface area contributed by atoms with E-state index in [1.54, 1.807) is 22.9 Å². The van der Waals surface area contributed by atoms with Crippen LogP contribution < -0.4 is 5.32 Å². The van der Waals surface area contributed by atoms with Gasteiger partial charge in [-0.2, -0.15) is 5.10 Å². The fraction of sp³-hybridized carbons (Fsp3) is 0.261. The molecule has 1 aromatic heterocycles. The third-order valence-corrected chi connectivity index (χ3v) is 4.62. The van der Waals surface area contributed by atoms with Gasteiger partial charge in [-0.25, -0.2) is 9.48 Å². The van der Waals surface area contributed by atoms with Crippen molar-refractivity contribution in [3.63, 3.8) is 0 Å². The summed E-state index contributed by atoms with van der Waals surface area (Å²) in [6, 6.07) is 18.0. The first-order valence-electron chi connectivity index (χ1n) is 9.59. The van der Waals surface area contributed by atoms with Gasteiger partial charge in [-0.15, -0.1) is 0 Å². The van der Waals surface area contributed by atoms with Gasteiger partial charge in [0.15, 0.2) is 0 Å². The summed E-state index contributed by atoms with van der Waals surface area (Å²) in [5.74, 6) is -0.874. The number of aryl methyl sites for hydroxylation is 1. The second kappa shape index (κ2) is 9.19. The molecule has 0 fully saturated rings. The number of benzene rings is 2. The lowest BCUT2D eigenvalue weighted by atomic mass is 10.0.